The van der Waals surface area contributed by atoms with Crippen molar-refractivity contribution in [1.82, 2.24) is 0 Å². The molecule has 1 aromatic carbocycles. The van der Waals surface area contributed by atoms with Crippen LogP contribution in [0.25, 0.3) is 0 Å². The van der Waals surface area contributed by atoms with E-state index in [1.165, 1.54) is 25.7 Å². The average molecular weight is 217 g/mol. The summed E-state index contributed by atoms with van der Waals surface area (Å²) >= 11 is 0. The Morgan fingerprint density at radius 2 is 1.94 bits per heavy atom. The standard InChI is InChI=1S/C14H19NO/c1-2-16-14-9-7-12(8-10-14)11-15-13-5-3-4-6-13/h7-11,13H,2-6H2,1H3. The van der Waals surface area contributed by atoms with Gasteiger partial charge in [-0.25, -0.2) is 0 Å². The lowest BCUT2D eigenvalue weighted by Gasteiger charge is -2.03. The van der Waals surface area contributed by atoms with Crippen LogP contribution < -0.4 is 4.74 Å². The zero-order chi connectivity index (χ0) is 11.2. The number of nitrogens with zero attached hydrogens (tertiary/aromatic N) is 1. The maximum absolute atomic E-state index is 5.39. The van der Waals surface area contributed by atoms with Crippen molar-refractivity contribution in [2.45, 2.75) is 38.6 Å². The Morgan fingerprint density at radius 1 is 1.25 bits per heavy atom. The minimum Gasteiger partial charge on any atom is -0.494 e. The van der Waals surface area contributed by atoms with Crippen LogP contribution in [0.5, 0.6) is 5.75 Å². The Labute approximate surface area is 97.4 Å². The van der Waals surface area contributed by atoms with Gasteiger partial charge in [0.15, 0.2) is 0 Å². The van der Waals surface area contributed by atoms with Gasteiger partial charge in [0.2, 0.25) is 0 Å². The molecule has 0 unspecified atom stereocenters. The second kappa shape index (κ2) is 5.69. The predicted octanol–water partition coefficient (Wildman–Crippen LogP) is 3.45. The second-order valence-electron chi connectivity index (χ2n) is 4.22. The van der Waals surface area contributed by atoms with Gasteiger partial charge in [0.05, 0.1) is 6.61 Å². The van der Waals surface area contributed by atoms with Crippen LogP contribution in [0.2, 0.25) is 0 Å². The zero-order valence-electron chi connectivity index (χ0n) is 9.86. The van der Waals surface area contributed by atoms with Crippen LogP contribution in [-0.2, 0) is 0 Å². The third-order valence-electron chi connectivity index (χ3n) is 2.95. The molecule has 0 radical (unpaired) electrons. The molecule has 0 bridgehead atoms. The molecular weight excluding hydrogens is 198 g/mol. The number of benzene rings is 1. The smallest absolute Gasteiger partial charge is 0.119 e. The van der Waals surface area contributed by atoms with Gasteiger partial charge in [0, 0.05) is 12.3 Å². The van der Waals surface area contributed by atoms with Crippen molar-refractivity contribution in [2.24, 2.45) is 4.99 Å². The van der Waals surface area contributed by atoms with Crippen LogP contribution in [0.1, 0.15) is 38.2 Å². The molecule has 86 valence electrons. The third-order valence-corrected chi connectivity index (χ3v) is 2.95. The van der Waals surface area contributed by atoms with Crippen molar-refractivity contribution >= 4 is 6.21 Å². The van der Waals surface area contributed by atoms with E-state index in [-0.39, 0.29) is 0 Å². The van der Waals surface area contributed by atoms with Gasteiger partial charge in [0.25, 0.3) is 0 Å². The largest absolute Gasteiger partial charge is 0.494 e. The minimum absolute atomic E-state index is 0.562. The molecule has 16 heavy (non-hydrogen) atoms. The highest BCUT2D eigenvalue weighted by molar-refractivity contribution is 5.79. The Hall–Kier alpha value is -1.31. The summed E-state index contributed by atoms with van der Waals surface area (Å²) in [6, 6.07) is 8.68. The van der Waals surface area contributed by atoms with Gasteiger partial charge in [-0.3, -0.25) is 4.99 Å². The Balaban J connectivity index is 1.93. The first-order chi connectivity index (χ1) is 7.88. The highest BCUT2D eigenvalue weighted by Gasteiger charge is 2.11. The molecule has 0 saturated heterocycles. The van der Waals surface area contributed by atoms with Gasteiger partial charge in [-0.2, -0.15) is 0 Å². The van der Waals surface area contributed by atoms with Gasteiger partial charge in [-0.1, -0.05) is 12.8 Å². The van der Waals surface area contributed by atoms with Gasteiger partial charge >= 0.3 is 0 Å². The highest BCUT2D eigenvalue weighted by atomic mass is 16.5. The van der Waals surface area contributed by atoms with Crippen molar-refractivity contribution in [3.63, 3.8) is 0 Å². The van der Waals surface area contributed by atoms with E-state index in [9.17, 15) is 0 Å². The molecule has 1 aliphatic carbocycles. The molecule has 1 fully saturated rings. The van der Waals surface area contributed by atoms with E-state index in [2.05, 4.69) is 17.1 Å². The molecule has 0 aromatic heterocycles. The molecular formula is C14H19NO. The summed E-state index contributed by atoms with van der Waals surface area (Å²) in [5.74, 6) is 0.931. The van der Waals surface area contributed by atoms with Gasteiger partial charge < -0.3 is 4.74 Å². The first-order valence-electron chi connectivity index (χ1n) is 6.14. The van der Waals surface area contributed by atoms with E-state index in [4.69, 9.17) is 4.74 Å². The lowest BCUT2D eigenvalue weighted by atomic mass is 10.2. The highest BCUT2D eigenvalue weighted by Crippen LogP contribution is 2.20. The van der Waals surface area contributed by atoms with E-state index >= 15 is 0 Å². The molecule has 0 aliphatic heterocycles. The molecule has 0 spiro atoms. The van der Waals surface area contributed by atoms with Crippen molar-refractivity contribution in [3.8, 4) is 5.75 Å². The van der Waals surface area contributed by atoms with Crippen LogP contribution in [0.3, 0.4) is 0 Å². The normalized spacial score (nSPS) is 17.1. The number of hydrogen-bond donors (Lipinski definition) is 0. The molecule has 0 amide bonds. The number of ether oxygens (including phenoxy) is 1. The van der Waals surface area contributed by atoms with Crippen LogP contribution >= 0.6 is 0 Å². The molecule has 2 nitrogen and oxygen atoms in total. The Bertz CT molecular complexity index is 336. The minimum atomic E-state index is 0.562. The maximum Gasteiger partial charge on any atom is 0.119 e. The molecule has 1 aliphatic rings. The SMILES string of the molecule is CCOc1ccc(C=NC2CCCC2)cc1. The van der Waals surface area contributed by atoms with Crippen LogP contribution in [0.15, 0.2) is 29.3 Å². The molecule has 0 atom stereocenters. The van der Waals surface area contributed by atoms with Gasteiger partial charge in [0.1, 0.15) is 5.75 Å². The summed E-state index contributed by atoms with van der Waals surface area (Å²) in [5, 5.41) is 0. The predicted molar refractivity (Wildman–Crippen MR) is 67.5 cm³/mol. The summed E-state index contributed by atoms with van der Waals surface area (Å²) in [7, 11) is 0. The maximum atomic E-state index is 5.39. The molecule has 1 aromatic rings. The average Bonchev–Trinajstić information content (AvgIpc) is 2.82. The Kier molecular flexibility index (Phi) is 3.97. The first kappa shape index (κ1) is 11.2. The van der Waals surface area contributed by atoms with Crippen molar-refractivity contribution < 1.29 is 4.74 Å². The summed E-state index contributed by atoms with van der Waals surface area (Å²) in [4.78, 5) is 4.60. The van der Waals surface area contributed by atoms with Crippen LogP contribution in [0, 0.1) is 0 Å². The van der Waals surface area contributed by atoms with Gasteiger partial charge in [-0.05, 0) is 49.6 Å². The van der Waals surface area contributed by atoms with E-state index in [0.717, 1.165) is 17.9 Å². The van der Waals surface area contributed by atoms with Crippen molar-refractivity contribution in [1.29, 1.82) is 0 Å². The molecule has 1 saturated carbocycles. The van der Waals surface area contributed by atoms with E-state index in [0.29, 0.717) is 6.04 Å². The van der Waals surface area contributed by atoms with Crippen molar-refractivity contribution in [3.05, 3.63) is 29.8 Å². The number of rotatable bonds is 4. The van der Waals surface area contributed by atoms with Gasteiger partial charge in [-0.15, -0.1) is 0 Å². The molecule has 0 heterocycles. The van der Waals surface area contributed by atoms with E-state index < -0.39 is 0 Å². The summed E-state index contributed by atoms with van der Waals surface area (Å²) < 4.78 is 5.39. The van der Waals surface area contributed by atoms with Crippen molar-refractivity contribution in [2.75, 3.05) is 6.61 Å². The molecule has 0 N–H and O–H groups in total. The van der Waals surface area contributed by atoms with Crippen LogP contribution in [0.4, 0.5) is 0 Å². The fraction of sp³-hybridized carbons (Fsp3) is 0.500. The first-order valence-corrected chi connectivity index (χ1v) is 6.14. The number of aliphatic imine (C=N–C) groups is 1. The third kappa shape index (κ3) is 3.09. The van der Waals surface area contributed by atoms with Crippen LogP contribution in [-0.4, -0.2) is 18.9 Å². The quantitative estimate of drug-likeness (QED) is 0.708. The lowest BCUT2D eigenvalue weighted by Crippen LogP contribution is -1.96. The summed E-state index contributed by atoms with van der Waals surface area (Å²) in [6.07, 6.45) is 7.18. The van der Waals surface area contributed by atoms with E-state index in [1.807, 2.05) is 25.3 Å². The summed E-state index contributed by atoms with van der Waals surface area (Å²) in [5.41, 5.74) is 1.16. The lowest BCUT2D eigenvalue weighted by molar-refractivity contribution is 0.340. The topological polar surface area (TPSA) is 21.6 Å². The summed E-state index contributed by atoms with van der Waals surface area (Å²) in [6.45, 7) is 2.71. The fourth-order valence-electron chi connectivity index (χ4n) is 2.06. The molecule has 2 heteroatoms. The fourth-order valence-corrected chi connectivity index (χ4v) is 2.06. The monoisotopic (exact) mass is 217 g/mol. The Morgan fingerprint density at radius 3 is 2.56 bits per heavy atom. The molecule has 2 rings (SSSR count). The zero-order valence-corrected chi connectivity index (χ0v) is 9.86. The number of hydrogen-bond acceptors (Lipinski definition) is 2. The van der Waals surface area contributed by atoms with E-state index in [1.54, 1.807) is 0 Å². The second-order valence-corrected chi connectivity index (χ2v) is 4.22.